The predicted octanol–water partition coefficient (Wildman–Crippen LogP) is 3.40. The molecule has 0 radical (unpaired) electrons. The number of pyridine rings is 1. The lowest BCUT2D eigenvalue weighted by Crippen LogP contribution is -2.41. The van der Waals surface area contributed by atoms with E-state index in [-0.39, 0.29) is 12.2 Å². The van der Waals surface area contributed by atoms with E-state index < -0.39 is 11.5 Å². The van der Waals surface area contributed by atoms with Crippen molar-refractivity contribution in [1.29, 1.82) is 0 Å². The largest absolute Gasteiger partial charge is 0.375 e. The van der Waals surface area contributed by atoms with Crippen LogP contribution in [0.25, 0.3) is 0 Å². The van der Waals surface area contributed by atoms with Crippen molar-refractivity contribution in [3.8, 4) is 0 Å². The Balaban J connectivity index is 1.70. The van der Waals surface area contributed by atoms with Crippen molar-refractivity contribution < 1.29 is 14.7 Å². The second-order valence-electron chi connectivity index (χ2n) is 7.04. The van der Waals surface area contributed by atoms with Crippen LogP contribution in [0.2, 0.25) is 0 Å². The Morgan fingerprint density at radius 1 is 1.07 bits per heavy atom. The number of ketones is 1. The molecule has 0 unspecified atom stereocenters. The van der Waals surface area contributed by atoms with E-state index in [0.717, 1.165) is 11.1 Å². The van der Waals surface area contributed by atoms with Gasteiger partial charge in [0.15, 0.2) is 11.4 Å². The van der Waals surface area contributed by atoms with Gasteiger partial charge in [0.2, 0.25) is 0 Å². The van der Waals surface area contributed by atoms with Crippen molar-refractivity contribution in [1.82, 2.24) is 4.98 Å². The lowest BCUT2D eigenvalue weighted by Gasteiger charge is -2.23. The van der Waals surface area contributed by atoms with Crippen LogP contribution in [-0.4, -0.2) is 21.8 Å². The summed E-state index contributed by atoms with van der Waals surface area (Å²) in [5, 5.41) is 11.3. The molecule has 2 aromatic carbocycles. The molecule has 1 N–H and O–H groups in total. The van der Waals surface area contributed by atoms with Crippen LogP contribution in [-0.2, 0) is 16.9 Å². The molecular formula is C23H20N2O3. The first kappa shape index (κ1) is 18.1. The third-order valence-corrected chi connectivity index (χ3v) is 5.23. The minimum Gasteiger partial charge on any atom is -0.375 e. The fraction of sp³-hybridized carbons (Fsp3) is 0.174. The summed E-state index contributed by atoms with van der Waals surface area (Å²) in [5.74, 6) is -0.800. The van der Waals surface area contributed by atoms with Crippen molar-refractivity contribution in [3.05, 3.63) is 95.3 Å². The summed E-state index contributed by atoms with van der Waals surface area (Å²) in [7, 11) is 0. The number of nitrogens with zero attached hydrogens (tertiary/aromatic N) is 2. The van der Waals surface area contributed by atoms with Crippen molar-refractivity contribution >= 4 is 17.4 Å². The lowest BCUT2D eigenvalue weighted by atomic mass is 9.88. The topological polar surface area (TPSA) is 70.5 Å². The summed E-state index contributed by atoms with van der Waals surface area (Å²) in [6.45, 7) is 2.33. The average molecular weight is 372 g/mol. The molecule has 1 aliphatic heterocycles. The fourth-order valence-corrected chi connectivity index (χ4v) is 3.65. The Kier molecular flexibility index (Phi) is 4.53. The normalized spacial score (nSPS) is 18.2. The highest BCUT2D eigenvalue weighted by Gasteiger charge is 2.50. The summed E-state index contributed by atoms with van der Waals surface area (Å²) in [5.41, 5.74) is 1.65. The molecule has 1 amide bonds. The van der Waals surface area contributed by atoms with Gasteiger partial charge < -0.3 is 10.0 Å². The van der Waals surface area contributed by atoms with Crippen LogP contribution in [0.4, 0.5) is 5.69 Å². The van der Waals surface area contributed by atoms with Crippen molar-refractivity contribution in [2.75, 3.05) is 4.90 Å². The molecule has 0 aliphatic carbocycles. The Labute approximate surface area is 163 Å². The monoisotopic (exact) mass is 372 g/mol. The number of aryl methyl sites for hydroxylation is 1. The number of carbonyl (C=O) groups is 2. The fourth-order valence-electron chi connectivity index (χ4n) is 3.65. The van der Waals surface area contributed by atoms with Gasteiger partial charge >= 0.3 is 0 Å². The van der Waals surface area contributed by atoms with Gasteiger partial charge in [-0.1, -0.05) is 42.5 Å². The van der Waals surface area contributed by atoms with Gasteiger partial charge in [-0.2, -0.15) is 0 Å². The number of Topliss-reactive ketones (excluding diaryl/α,β-unsaturated/α-hetero) is 1. The van der Waals surface area contributed by atoms with Crippen LogP contribution in [0.3, 0.4) is 0 Å². The Bertz CT molecular complexity index is 1050. The summed E-state index contributed by atoms with van der Waals surface area (Å²) in [6.07, 6.45) is 2.70. The third-order valence-electron chi connectivity index (χ3n) is 5.23. The van der Waals surface area contributed by atoms with Crippen LogP contribution in [0.5, 0.6) is 0 Å². The van der Waals surface area contributed by atoms with Crippen molar-refractivity contribution in [3.63, 3.8) is 0 Å². The quantitative estimate of drug-likeness (QED) is 0.697. The number of aliphatic hydroxyl groups is 1. The zero-order valence-electron chi connectivity index (χ0n) is 15.5. The number of rotatable bonds is 5. The highest BCUT2D eigenvalue weighted by molar-refractivity contribution is 6.10. The first-order chi connectivity index (χ1) is 13.5. The number of para-hydroxylation sites is 1. The number of carbonyl (C=O) groups excluding carboxylic acids is 2. The number of amides is 1. The molecule has 5 nitrogen and oxygen atoms in total. The smallest absolute Gasteiger partial charge is 0.264 e. The summed E-state index contributed by atoms with van der Waals surface area (Å²) in [4.78, 5) is 31.5. The van der Waals surface area contributed by atoms with E-state index in [1.165, 1.54) is 6.20 Å². The Morgan fingerprint density at radius 3 is 2.57 bits per heavy atom. The zero-order chi connectivity index (χ0) is 19.7. The average Bonchev–Trinajstić information content (AvgIpc) is 2.92. The van der Waals surface area contributed by atoms with Gasteiger partial charge in [0.1, 0.15) is 0 Å². The van der Waals surface area contributed by atoms with E-state index in [4.69, 9.17) is 0 Å². The van der Waals surface area contributed by atoms with E-state index in [0.29, 0.717) is 23.4 Å². The second kappa shape index (κ2) is 7.02. The maximum atomic E-state index is 13.3. The molecule has 0 fully saturated rings. The molecular weight excluding hydrogens is 352 g/mol. The molecule has 28 heavy (non-hydrogen) atoms. The van der Waals surface area contributed by atoms with Gasteiger partial charge in [0.05, 0.1) is 18.7 Å². The third kappa shape index (κ3) is 3.00. The van der Waals surface area contributed by atoms with Crippen LogP contribution in [0.15, 0.2) is 73.1 Å². The summed E-state index contributed by atoms with van der Waals surface area (Å²) < 4.78 is 0. The minimum absolute atomic E-state index is 0.321. The molecule has 5 heteroatoms. The lowest BCUT2D eigenvalue weighted by molar-refractivity contribution is -0.136. The highest BCUT2D eigenvalue weighted by Crippen LogP contribution is 2.43. The van der Waals surface area contributed by atoms with Crippen LogP contribution in [0, 0.1) is 6.92 Å². The van der Waals surface area contributed by atoms with E-state index in [1.54, 1.807) is 41.4 Å². The van der Waals surface area contributed by atoms with Crippen LogP contribution in [0.1, 0.15) is 33.5 Å². The highest BCUT2D eigenvalue weighted by atomic mass is 16.3. The number of hydrogen-bond donors (Lipinski definition) is 1. The molecule has 1 atom stereocenters. The molecule has 1 aliphatic rings. The number of benzene rings is 2. The molecule has 2 heterocycles. The summed E-state index contributed by atoms with van der Waals surface area (Å²) in [6, 6.07) is 18.2. The van der Waals surface area contributed by atoms with E-state index in [9.17, 15) is 14.7 Å². The first-order valence-corrected chi connectivity index (χ1v) is 9.12. The SMILES string of the molecule is Cc1ccccc1CN1C(=O)[C@@](O)(CC(=O)c2cccnc2)c2ccccc21. The molecule has 0 saturated heterocycles. The van der Waals surface area contributed by atoms with E-state index in [2.05, 4.69) is 4.98 Å². The maximum absolute atomic E-state index is 13.3. The van der Waals surface area contributed by atoms with Gasteiger partial charge in [-0.3, -0.25) is 14.6 Å². The number of aromatic nitrogens is 1. The van der Waals surface area contributed by atoms with Gasteiger partial charge in [-0.25, -0.2) is 0 Å². The van der Waals surface area contributed by atoms with Gasteiger partial charge in [-0.15, -0.1) is 0 Å². The number of hydrogen-bond acceptors (Lipinski definition) is 4. The molecule has 0 spiro atoms. The molecule has 0 saturated carbocycles. The Morgan fingerprint density at radius 2 is 1.82 bits per heavy atom. The molecule has 140 valence electrons. The standard InChI is InChI=1S/C23H20N2O3/c1-16-7-2-3-8-18(16)15-25-20-11-5-4-10-19(20)23(28,22(25)27)13-21(26)17-9-6-12-24-14-17/h2-12,14,28H,13,15H2,1H3/t23-/m1/s1. The van der Waals surface area contributed by atoms with E-state index in [1.807, 2.05) is 37.3 Å². The molecule has 1 aromatic heterocycles. The van der Waals surface area contributed by atoms with Crippen LogP contribution >= 0.6 is 0 Å². The van der Waals surface area contributed by atoms with Gasteiger partial charge in [-0.05, 0) is 36.2 Å². The number of fused-ring (bicyclic) bond motifs is 1. The number of anilines is 1. The van der Waals surface area contributed by atoms with Gasteiger partial charge in [0, 0.05) is 23.5 Å². The molecule has 4 rings (SSSR count). The van der Waals surface area contributed by atoms with Gasteiger partial charge in [0.25, 0.3) is 5.91 Å². The minimum atomic E-state index is -1.88. The van der Waals surface area contributed by atoms with E-state index >= 15 is 0 Å². The second-order valence-corrected chi connectivity index (χ2v) is 7.04. The summed E-state index contributed by atoms with van der Waals surface area (Å²) >= 11 is 0. The zero-order valence-corrected chi connectivity index (χ0v) is 15.5. The Hall–Kier alpha value is -3.31. The van der Waals surface area contributed by atoms with Crippen molar-refractivity contribution in [2.45, 2.75) is 25.5 Å². The first-order valence-electron chi connectivity index (χ1n) is 9.12. The predicted molar refractivity (Wildman–Crippen MR) is 106 cm³/mol. The maximum Gasteiger partial charge on any atom is 0.264 e. The molecule has 0 bridgehead atoms. The molecule has 3 aromatic rings. The van der Waals surface area contributed by atoms with Crippen molar-refractivity contribution in [2.24, 2.45) is 0 Å². The van der Waals surface area contributed by atoms with Crippen LogP contribution < -0.4 is 4.90 Å².